The molecule has 0 fully saturated rings. The normalized spacial score (nSPS) is 10.9. The van der Waals surface area contributed by atoms with E-state index in [9.17, 15) is 9.50 Å². The number of hydrogen-bond donors (Lipinski definition) is 2. The van der Waals surface area contributed by atoms with Gasteiger partial charge >= 0.3 is 0 Å². The van der Waals surface area contributed by atoms with Crippen molar-refractivity contribution in [1.82, 2.24) is 10.3 Å². The van der Waals surface area contributed by atoms with Crippen LogP contribution in [0.3, 0.4) is 0 Å². The standard InChI is InChI=1S/C15H19FN2OS/c1-3-5-13-14(9-17-4-2)20-15(18-13)11-7-6-10(19)8-12(11)16/h6-8,17,19H,3-5,9H2,1-2H3. The van der Waals surface area contributed by atoms with Gasteiger partial charge in [-0.15, -0.1) is 11.3 Å². The number of aryl methyl sites for hydroxylation is 1. The van der Waals surface area contributed by atoms with E-state index in [-0.39, 0.29) is 5.75 Å². The molecule has 2 aromatic rings. The molecule has 0 aliphatic heterocycles. The van der Waals surface area contributed by atoms with Gasteiger partial charge in [0.15, 0.2) is 0 Å². The van der Waals surface area contributed by atoms with E-state index in [0.717, 1.165) is 42.6 Å². The lowest BCUT2D eigenvalue weighted by Gasteiger charge is -2.00. The summed E-state index contributed by atoms with van der Waals surface area (Å²) in [6.07, 6.45) is 1.91. The van der Waals surface area contributed by atoms with Gasteiger partial charge in [0.2, 0.25) is 0 Å². The Morgan fingerprint density at radius 1 is 1.35 bits per heavy atom. The van der Waals surface area contributed by atoms with Crippen LogP contribution in [0.4, 0.5) is 4.39 Å². The SMILES string of the molecule is CCCc1nc(-c2ccc(O)cc2F)sc1CNCC. The third kappa shape index (κ3) is 3.35. The first-order valence-corrected chi connectivity index (χ1v) is 7.65. The van der Waals surface area contributed by atoms with Crippen LogP contribution in [-0.2, 0) is 13.0 Å². The lowest BCUT2D eigenvalue weighted by molar-refractivity contribution is 0.469. The molecule has 0 bridgehead atoms. The van der Waals surface area contributed by atoms with E-state index in [2.05, 4.69) is 24.1 Å². The Bertz CT molecular complexity index is 583. The van der Waals surface area contributed by atoms with E-state index in [1.807, 2.05) is 0 Å². The number of halogens is 1. The van der Waals surface area contributed by atoms with Crippen LogP contribution < -0.4 is 5.32 Å². The molecular formula is C15H19FN2OS. The highest BCUT2D eigenvalue weighted by atomic mass is 32.1. The van der Waals surface area contributed by atoms with Crippen LogP contribution in [-0.4, -0.2) is 16.6 Å². The number of nitrogens with zero attached hydrogens (tertiary/aromatic N) is 1. The maximum atomic E-state index is 13.9. The summed E-state index contributed by atoms with van der Waals surface area (Å²) < 4.78 is 13.9. The summed E-state index contributed by atoms with van der Waals surface area (Å²) in [6, 6.07) is 4.19. The van der Waals surface area contributed by atoms with Crippen molar-refractivity contribution in [1.29, 1.82) is 0 Å². The van der Waals surface area contributed by atoms with Gasteiger partial charge in [0.1, 0.15) is 16.6 Å². The maximum Gasteiger partial charge on any atom is 0.137 e. The van der Waals surface area contributed by atoms with Crippen molar-refractivity contribution in [3.05, 3.63) is 34.6 Å². The highest BCUT2D eigenvalue weighted by Crippen LogP contribution is 2.32. The molecule has 5 heteroatoms. The first kappa shape index (κ1) is 14.9. The smallest absolute Gasteiger partial charge is 0.137 e. The second kappa shape index (κ2) is 6.81. The quantitative estimate of drug-likeness (QED) is 0.853. The minimum atomic E-state index is -0.434. The Hall–Kier alpha value is -1.46. The number of nitrogens with one attached hydrogen (secondary N) is 1. The molecule has 2 N–H and O–H groups in total. The third-order valence-corrected chi connectivity index (χ3v) is 4.11. The molecule has 0 spiro atoms. The molecule has 0 atom stereocenters. The van der Waals surface area contributed by atoms with Crippen molar-refractivity contribution < 1.29 is 9.50 Å². The van der Waals surface area contributed by atoms with Crippen LogP contribution in [0, 0.1) is 5.82 Å². The number of phenols is 1. The number of benzene rings is 1. The average Bonchev–Trinajstić information content (AvgIpc) is 2.80. The molecule has 0 aliphatic carbocycles. The van der Waals surface area contributed by atoms with Crippen LogP contribution in [0.2, 0.25) is 0 Å². The number of thiazole rings is 1. The van der Waals surface area contributed by atoms with Gasteiger partial charge in [0, 0.05) is 23.1 Å². The summed E-state index contributed by atoms with van der Waals surface area (Å²) in [6.45, 7) is 5.83. The highest BCUT2D eigenvalue weighted by molar-refractivity contribution is 7.15. The first-order chi connectivity index (χ1) is 9.65. The van der Waals surface area contributed by atoms with Gasteiger partial charge in [-0.1, -0.05) is 20.3 Å². The summed E-state index contributed by atoms with van der Waals surface area (Å²) in [4.78, 5) is 5.73. The Labute approximate surface area is 122 Å². The second-order valence-electron chi connectivity index (χ2n) is 4.58. The van der Waals surface area contributed by atoms with Gasteiger partial charge in [-0.3, -0.25) is 0 Å². The first-order valence-electron chi connectivity index (χ1n) is 6.83. The van der Waals surface area contributed by atoms with Gasteiger partial charge in [-0.2, -0.15) is 0 Å². The fourth-order valence-electron chi connectivity index (χ4n) is 1.98. The van der Waals surface area contributed by atoms with Crippen molar-refractivity contribution in [3.8, 4) is 16.3 Å². The summed E-state index contributed by atoms with van der Waals surface area (Å²) >= 11 is 1.52. The van der Waals surface area contributed by atoms with Gasteiger partial charge in [-0.25, -0.2) is 9.37 Å². The van der Waals surface area contributed by atoms with E-state index >= 15 is 0 Å². The Balaban J connectivity index is 2.36. The molecule has 20 heavy (non-hydrogen) atoms. The van der Waals surface area contributed by atoms with E-state index < -0.39 is 5.82 Å². The van der Waals surface area contributed by atoms with Gasteiger partial charge < -0.3 is 10.4 Å². The summed E-state index contributed by atoms with van der Waals surface area (Å²) in [7, 11) is 0. The second-order valence-corrected chi connectivity index (χ2v) is 5.67. The van der Waals surface area contributed by atoms with E-state index in [1.54, 1.807) is 6.07 Å². The average molecular weight is 294 g/mol. The minimum Gasteiger partial charge on any atom is -0.508 e. The van der Waals surface area contributed by atoms with Crippen LogP contribution in [0.5, 0.6) is 5.75 Å². The molecule has 1 aromatic heterocycles. The predicted octanol–water partition coefficient (Wildman–Crippen LogP) is 3.72. The fraction of sp³-hybridized carbons (Fsp3) is 0.400. The van der Waals surface area contributed by atoms with Crippen molar-refractivity contribution in [3.63, 3.8) is 0 Å². The maximum absolute atomic E-state index is 13.9. The van der Waals surface area contributed by atoms with Crippen LogP contribution >= 0.6 is 11.3 Å². The Morgan fingerprint density at radius 2 is 2.15 bits per heavy atom. The van der Waals surface area contributed by atoms with E-state index in [1.165, 1.54) is 17.4 Å². The molecule has 0 saturated carbocycles. The minimum absolute atomic E-state index is 0.0653. The summed E-state index contributed by atoms with van der Waals surface area (Å²) in [5.41, 5.74) is 1.49. The fourth-order valence-corrected chi connectivity index (χ4v) is 3.09. The molecule has 2 rings (SSSR count). The third-order valence-electron chi connectivity index (χ3n) is 2.98. The number of rotatable bonds is 6. The molecular weight excluding hydrogens is 275 g/mol. The Morgan fingerprint density at radius 3 is 2.80 bits per heavy atom. The molecule has 0 radical (unpaired) electrons. The van der Waals surface area contributed by atoms with Crippen molar-refractivity contribution in [2.45, 2.75) is 33.2 Å². The lowest BCUT2D eigenvalue weighted by atomic mass is 10.2. The molecule has 108 valence electrons. The molecule has 0 amide bonds. The number of aromatic nitrogens is 1. The molecule has 1 heterocycles. The predicted molar refractivity (Wildman–Crippen MR) is 80.5 cm³/mol. The zero-order valence-electron chi connectivity index (χ0n) is 11.7. The van der Waals surface area contributed by atoms with Crippen LogP contribution in [0.1, 0.15) is 30.8 Å². The number of aromatic hydroxyl groups is 1. The number of phenolic OH excluding ortho intramolecular Hbond substituents is 1. The molecule has 0 unspecified atom stereocenters. The van der Waals surface area contributed by atoms with Crippen LogP contribution in [0.25, 0.3) is 10.6 Å². The Kier molecular flexibility index (Phi) is 5.09. The molecule has 3 nitrogen and oxygen atoms in total. The monoisotopic (exact) mass is 294 g/mol. The lowest BCUT2D eigenvalue weighted by Crippen LogP contribution is -2.11. The van der Waals surface area contributed by atoms with Crippen molar-refractivity contribution >= 4 is 11.3 Å². The number of hydrogen-bond acceptors (Lipinski definition) is 4. The van der Waals surface area contributed by atoms with Gasteiger partial charge in [0.25, 0.3) is 0 Å². The van der Waals surface area contributed by atoms with Crippen molar-refractivity contribution in [2.24, 2.45) is 0 Å². The van der Waals surface area contributed by atoms with Crippen molar-refractivity contribution in [2.75, 3.05) is 6.54 Å². The highest BCUT2D eigenvalue weighted by Gasteiger charge is 2.14. The molecule has 0 aliphatic rings. The topological polar surface area (TPSA) is 45.2 Å². The molecule has 1 aromatic carbocycles. The van der Waals surface area contributed by atoms with E-state index in [0.29, 0.717) is 10.6 Å². The van der Waals surface area contributed by atoms with Gasteiger partial charge in [-0.05, 0) is 25.1 Å². The van der Waals surface area contributed by atoms with Crippen LogP contribution in [0.15, 0.2) is 18.2 Å². The largest absolute Gasteiger partial charge is 0.508 e. The van der Waals surface area contributed by atoms with E-state index in [4.69, 9.17) is 0 Å². The zero-order chi connectivity index (χ0) is 14.5. The summed E-state index contributed by atoms with van der Waals surface area (Å²) in [5.74, 6) is -0.499. The molecule has 0 saturated heterocycles. The summed E-state index contributed by atoms with van der Waals surface area (Å²) in [5, 5.41) is 13.2. The van der Waals surface area contributed by atoms with Gasteiger partial charge in [0.05, 0.1) is 5.69 Å². The zero-order valence-corrected chi connectivity index (χ0v) is 12.6.